The molecule has 0 saturated carbocycles. The number of esters is 1. The highest BCUT2D eigenvalue weighted by molar-refractivity contribution is 6.30. The van der Waals surface area contributed by atoms with Crippen LogP contribution < -0.4 is 15.8 Å². The summed E-state index contributed by atoms with van der Waals surface area (Å²) in [5.74, 6) is -1.37. The van der Waals surface area contributed by atoms with Crippen molar-refractivity contribution in [2.75, 3.05) is 12.3 Å². The van der Waals surface area contributed by atoms with Gasteiger partial charge in [-0.05, 0) is 58.4 Å². The van der Waals surface area contributed by atoms with Crippen LogP contribution in [0.4, 0.5) is 23.9 Å². The van der Waals surface area contributed by atoms with Crippen LogP contribution >= 0.6 is 11.6 Å². The van der Waals surface area contributed by atoms with E-state index in [1.165, 1.54) is 35.1 Å². The smallest absolute Gasteiger partial charge is 0.429 e. The number of nitrogens with two attached hydrogens (primary N) is 1. The summed E-state index contributed by atoms with van der Waals surface area (Å²) in [4.78, 5) is 33.0. The van der Waals surface area contributed by atoms with Gasteiger partial charge in [-0.2, -0.15) is 23.3 Å². The number of halogens is 4. The number of rotatable bonds is 10. The van der Waals surface area contributed by atoms with Crippen molar-refractivity contribution in [2.24, 2.45) is 0 Å². The van der Waals surface area contributed by atoms with Crippen LogP contribution in [0.25, 0.3) is 16.9 Å². The van der Waals surface area contributed by atoms with Crippen LogP contribution in [0.5, 0.6) is 5.88 Å². The van der Waals surface area contributed by atoms with Crippen LogP contribution in [-0.4, -0.2) is 56.2 Å². The number of amides is 1. The maximum atomic E-state index is 14.5. The van der Waals surface area contributed by atoms with Gasteiger partial charge in [-0.1, -0.05) is 41.9 Å². The number of nitrogens with zero attached hydrogens (tertiary/aromatic N) is 4. The van der Waals surface area contributed by atoms with E-state index in [9.17, 15) is 22.8 Å². The highest BCUT2D eigenvalue weighted by Crippen LogP contribution is 2.40. The number of benzene rings is 2. The maximum absolute atomic E-state index is 14.5. The molecule has 4 aromatic rings. The summed E-state index contributed by atoms with van der Waals surface area (Å²) in [7, 11) is 0. The van der Waals surface area contributed by atoms with Crippen molar-refractivity contribution in [3.8, 4) is 22.8 Å². The third kappa shape index (κ3) is 9.58. The highest BCUT2D eigenvalue weighted by atomic mass is 35.5. The van der Waals surface area contributed by atoms with Crippen molar-refractivity contribution < 1.29 is 37.0 Å². The van der Waals surface area contributed by atoms with E-state index in [2.05, 4.69) is 20.4 Å². The number of carbonyl (C=O) groups is 2. The predicted molar refractivity (Wildman–Crippen MR) is 168 cm³/mol. The van der Waals surface area contributed by atoms with Gasteiger partial charge in [0, 0.05) is 34.8 Å². The van der Waals surface area contributed by atoms with Crippen molar-refractivity contribution in [1.29, 1.82) is 0 Å². The second kappa shape index (κ2) is 14.3. The SMILES string of the molecule is CCOC(=O)C(Cc1ccc(-c2cc(O[C@H](c3ccc(Cl)cc3-n3ccc(C)n3)C(F)(F)F)nc(N)n2)cc1)NC(=O)OC(C)(C)C. The molecule has 0 aliphatic rings. The topological polar surface area (TPSA) is 143 Å². The molecule has 47 heavy (non-hydrogen) atoms. The minimum Gasteiger partial charge on any atom is -0.464 e. The number of alkyl carbamates (subject to hydrolysis) is 1. The van der Waals surface area contributed by atoms with Gasteiger partial charge < -0.3 is 25.3 Å². The lowest BCUT2D eigenvalue weighted by atomic mass is 10.0. The molecule has 2 aromatic heterocycles. The second-order valence-electron chi connectivity index (χ2n) is 11.4. The van der Waals surface area contributed by atoms with E-state index < -0.39 is 41.9 Å². The minimum atomic E-state index is -4.87. The Morgan fingerprint density at radius 3 is 2.34 bits per heavy atom. The molecule has 2 atom stereocenters. The molecule has 1 amide bonds. The molecule has 0 bridgehead atoms. The first-order valence-electron chi connectivity index (χ1n) is 14.5. The summed E-state index contributed by atoms with van der Waals surface area (Å²) < 4.78 is 60.6. The van der Waals surface area contributed by atoms with Crippen LogP contribution in [0.15, 0.2) is 60.8 Å². The molecule has 2 heterocycles. The number of nitrogens with one attached hydrogen (secondary N) is 1. The molecular weight excluding hydrogens is 641 g/mol. The summed E-state index contributed by atoms with van der Waals surface area (Å²) in [6.07, 6.45) is -6.51. The average Bonchev–Trinajstić information content (AvgIpc) is 3.40. The van der Waals surface area contributed by atoms with Gasteiger partial charge in [0.25, 0.3) is 0 Å². The summed E-state index contributed by atoms with van der Waals surface area (Å²) >= 11 is 6.13. The zero-order chi connectivity index (χ0) is 34.5. The maximum Gasteiger partial charge on any atom is 0.429 e. The van der Waals surface area contributed by atoms with Crippen LogP contribution in [-0.2, 0) is 20.7 Å². The summed E-state index contributed by atoms with van der Waals surface area (Å²) in [5, 5.41) is 6.98. The number of aryl methyl sites for hydroxylation is 1. The summed E-state index contributed by atoms with van der Waals surface area (Å²) in [6, 6.07) is 12.4. The number of hydrogen-bond acceptors (Lipinski definition) is 9. The molecule has 2 aromatic carbocycles. The van der Waals surface area contributed by atoms with E-state index in [-0.39, 0.29) is 40.9 Å². The summed E-state index contributed by atoms with van der Waals surface area (Å²) in [5.41, 5.74) is 6.85. The molecule has 0 aliphatic heterocycles. The van der Waals surface area contributed by atoms with Crippen LogP contribution in [0.3, 0.4) is 0 Å². The van der Waals surface area contributed by atoms with Crippen molar-refractivity contribution in [2.45, 2.75) is 65.0 Å². The molecule has 250 valence electrons. The Bertz CT molecular complexity index is 1720. The van der Waals surface area contributed by atoms with Gasteiger partial charge in [-0.15, -0.1) is 0 Å². The lowest BCUT2D eigenvalue weighted by Crippen LogP contribution is -2.45. The van der Waals surface area contributed by atoms with E-state index >= 15 is 0 Å². The molecule has 15 heteroatoms. The first-order valence-corrected chi connectivity index (χ1v) is 14.9. The van der Waals surface area contributed by atoms with Crippen LogP contribution in [0, 0.1) is 6.92 Å². The third-order valence-electron chi connectivity index (χ3n) is 6.45. The van der Waals surface area contributed by atoms with Crippen molar-refractivity contribution in [3.05, 3.63) is 82.6 Å². The highest BCUT2D eigenvalue weighted by Gasteiger charge is 2.45. The molecule has 0 aliphatic carbocycles. The van der Waals surface area contributed by atoms with Gasteiger partial charge in [-0.25, -0.2) is 19.3 Å². The van der Waals surface area contributed by atoms with Gasteiger partial charge in [0.1, 0.15) is 11.6 Å². The molecule has 0 radical (unpaired) electrons. The standard InChI is InChI=1S/C32H34ClF3N6O5/c1-6-45-28(43)24(39-30(44)47-31(3,4)5)15-19-7-9-20(10-8-19)23-17-26(40-29(37)38-23)46-27(32(34,35)36)22-12-11-21(33)16-25(22)42-14-13-18(2)41-42/h7-14,16-17,24,27H,6,15H2,1-5H3,(H,39,44)(H2,37,38,40)/t24?,27-/m1/s1. The van der Waals surface area contributed by atoms with Crippen molar-refractivity contribution in [1.82, 2.24) is 25.1 Å². The molecule has 1 unspecified atom stereocenters. The molecule has 0 saturated heterocycles. The van der Waals surface area contributed by atoms with Gasteiger partial charge >= 0.3 is 18.2 Å². The number of anilines is 1. The first-order chi connectivity index (χ1) is 22.0. The Hall–Kier alpha value is -4.85. The van der Waals surface area contributed by atoms with Crippen molar-refractivity contribution in [3.63, 3.8) is 0 Å². The van der Waals surface area contributed by atoms with E-state index in [1.54, 1.807) is 65.0 Å². The minimum absolute atomic E-state index is 0.0745. The van der Waals surface area contributed by atoms with Crippen LogP contribution in [0.1, 0.15) is 50.6 Å². The lowest BCUT2D eigenvalue weighted by molar-refractivity contribution is -0.198. The number of ether oxygens (including phenoxy) is 3. The Morgan fingerprint density at radius 2 is 1.74 bits per heavy atom. The Kier molecular flexibility index (Phi) is 10.6. The quantitative estimate of drug-likeness (QED) is 0.179. The number of carbonyl (C=O) groups excluding carboxylic acids is 2. The predicted octanol–water partition coefficient (Wildman–Crippen LogP) is 6.55. The third-order valence-corrected chi connectivity index (χ3v) is 6.69. The fourth-order valence-electron chi connectivity index (χ4n) is 4.50. The van der Waals surface area contributed by atoms with Gasteiger partial charge in [0.15, 0.2) is 0 Å². The molecule has 3 N–H and O–H groups in total. The van der Waals surface area contributed by atoms with Gasteiger partial charge in [-0.3, -0.25) is 0 Å². The largest absolute Gasteiger partial charge is 0.464 e. The number of alkyl halides is 3. The van der Waals surface area contributed by atoms with E-state index in [0.29, 0.717) is 16.8 Å². The Morgan fingerprint density at radius 1 is 1.04 bits per heavy atom. The summed E-state index contributed by atoms with van der Waals surface area (Å²) in [6.45, 7) is 8.55. The van der Waals surface area contributed by atoms with E-state index in [0.717, 1.165) is 0 Å². The lowest BCUT2D eigenvalue weighted by Gasteiger charge is -2.24. The fourth-order valence-corrected chi connectivity index (χ4v) is 4.66. The first kappa shape index (κ1) is 35.0. The normalized spacial score (nSPS) is 13.0. The number of hydrogen-bond donors (Lipinski definition) is 2. The average molecular weight is 675 g/mol. The molecular formula is C32H34ClF3N6O5. The zero-order valence-electron chi connectivity index (χ0n) is 26.3. The monoisotopic (exact) mass is 674 g/mol. The van der Waals surface area contributed by atoms with E-state index in [4.69, 9.17) is 31.5 Å². The Labute approximate surface area is 274 Å². The van der Waals surface area contributed by atoms with Crippen molar-refractivity contribution >= 4 is 29.6 Å². The number of nitrogen functional groups attached to an aromatic ring is 1. The van der Waals surface area contributed by atoms with E-state index in [1.807, 2.05) is 0 Å². The Balaban J connectivity index is 1.60. The molecule has 11 nitrogen and oxygen atoms in total. The molecule has 0 fully saturated rings. The zero-order valence-corrected chi connectivity index (χ0v) is 27.0. The van der Waals surface area contributed by atoms with Crippen LogP contribution in [0.2, 0.25) is 5.02 Å². The molecule has 4 rings (SSSR count). The van der Waals surface area contributed by atoms with Gasteiger partial charge in [0.05, 0.1) is 23.7 Å². The second-order valence-corrected chi connectivity index (χ2v) is 11.9. The molecule has 0 spiro atoms. The van der Waals surface area contributed by atoms with Gasteiger partial charge in [0.2, 0.25) is 17.9 Å². The number of aromatic nitrogens is 4. The fraction of sp³-hybridized carbons (Fsp3) is 0.344.